The van der Waals surface area contributed by atoms with Crippen LogP contribution in [-0.2, 0) is 19.0 Å². The summed E-state index contributed by atoms with van der Waals surface area (Å²) in [6, 6.07) is 5.50. The van der Waals surface area contributed by atoms with Crippen LogP contribution in [0.15, 0.2) is 24.4 Å². The Morgan fingerprint density at radius 2 is 1.73 bits per heavy atom. The van der Waals surface area contributed by atoms with Crippen molar-refractivity contribution in [3.63, 3.8) is 0 Å². The van der Waals surface area contributed by atoms with Gasteiger partial charge in [-0.3, -0.25) is 9.59 Å². The van der Waals surface area contributed by atoms with Gasteiger partial charge in [0.05, 0.1) is 31.6 Å². The number of hydrogen-bond acceptors (Lipinski definition) is 11. The molecule has 1 aromatic carbocycles. The van der Waals surface area contributed by atoms with Crippen molar-refractivity contribution in [3.8, 4) is 5.75 Å². The maximum absolute atomic E-state index is 12.9. The van der Waals surface area contributed by atoms with Crippen LogP contribution in [0.1, 0.15) is 88.9 Å². The number of hydrogen-bond donors (Lipinski definition) is 2. The quantitative estimate of drug-likeness (QED) is 0.233. The average molecular weight is 710 g/mol. The molecule has 2 aromatic rings. The summed E-state index contributed by atoms with van der Waals surface area (Å²) < 4.78 is 22.8. The van der Waals surface area contributed by atoms with Gasteiger partial charge in [0, 0.05) is 58.1 Å². The van der Waals surface area contributed by atoms with Crippen molar-refractivity contribution in [1.82, 2.24) is 20.2 Å². The minimum absolute atomic E-state index is 0.0335. The van der Waals surface area contributed by atoms with E-state index >= 15 is 0 Å². The molecule has 3 heterocycles. The molecule has 2 aliphatic heterocycles. The van der Waals surface area contributed by atoms with Crippen LogP contribution in [-0.4, -0.2) is 111 Å². The predicted octanol–water partition coefficient (Wildman–Crippen LogP) is 5.29. The molecule has 0 radical (unpaired) electrons. The second-order valence-corrected chi connectivity index (χ2v) is 14.4. The van der Waals surface area contributed by atoms with E-state index in [1.54, 1.807) is 48.4 Å². The van der Waals surface area contributed by atoms with Crippen LogP contribution in [0.5, 0.6) is 5.75 Å². The highest BCUT2D eigenvalue weighted by molar-refractivity contribution is 6.02. The number of nitrogens with zero attached hydrogens (tertiary/aromatic N) is 5. The summed E-state index contributed by atoms with van der Waals surface area (Å²) in [5, 5.41) is 6.19. The molecule has 1 aromatic heterocycles. The first-order valence-corrected chi connectivity index (χ1v) is 18.3. The van der Waals surface area contributed by atoms with Crippen LogP contribution in [0.25, 0.3) is 0 Å². The molecule has 3 amide bonds. The molecule has 1 aliphatic carbocycles. The van der Waals surface area contributed by atoms with E-state index in [-0.39, 0.29) is 24.0 Å². The zero-order valence-corrected chi connectivity index (χ0v) is 30.9. The molecule has 2 fully saturated rings. The second kappa shape index (κ2) is 17.9. The third kappa shape index (κ3) is 10.7. The van der Waals surface area contributed by atoms with Crippen molar-refractivity contribution in [2.24, 2.45) is 0 Å². The molecule has 280 valence electrons. The third-order valence-electron chi connectivity index (χ3n) is 9.42. The minimum atomic E-state index is -0.483. The highest BCUT2D eigenvalue weighted by Crippen LogP contribution is 2.37. The summed E-state index contributed by atoms with van der Waals surface area (Å²) in [6.45, 7) is 9.61. The van der Waals surface area contributed by atoms with Crippen LogP contribution in [0.3, 0.4) is 0 Å². The lowest BCUT2D eigenvalue weighted by atomic mass is 10.1. The molecule has 1 saturated carbocycles. The molecule has 2 N–H and O–H groups in total. The molecule has 0 bridgehead atoms. The molecule has 0 spiro atoms. The molecule has 0 unspecified atom stereocenters. The lowest BCUT2D eigenvalue weighted by Gasteiger charge is -2.37. The molecule has 5 rings (SSSR count). The number of carbonyl (C=O) groups is 3. The lowest BCUT2D eigenvalue weighted by molar-refractivity contribution is -0.117. The summed E-state index contributed by atoms with van der Waals surface area (Å²) >= 11 is 0. The van der Waals surface area contributed by atoms with Gasteiger partial charge in [0.25, 0.3) is 5.91 Å². The van der Waals surface area contributed by atoms with E-state index < -0.39 is 5.60 Å². The Balaban J connectivity index is 0.976. The second-order valence-electron chi connectivity index (χ2n) is 14.4. The van der Waals surface area contributed by atoms with Crippen LogP contribution in [0.4, 0.5) is 27.9 Å². The van der Waals surface area contributed by atoms with E-state index in [4.69, 9.17) is 23.9 Å². The number of likely N-dealkylation sites (N-methyl/N-ethyl adjacent to an activating group) is 1. The number of amides is 3. The number of methoxy groups -OCH3 is 1. The topological polar surface area (TPSA) is 148 Å². The standard InChI is InChI=1S/C37H55N7O7/c1-37(2,3)51-36(47)43-18-15-28(16-19-43)50-22-9-8-20-49-21-10-17-38-34(46)26-13-14-29(31(23-26)48-5)40-35-39-24-30-33(41-35)44(25-32(45)42(30)4)27-11-6-7-12-27/h13-14,23-24,27-28H,6-12,15-22,25H2,1-5H3,(H,38,46)(H,39,40,41). The number of unbranched alkanes of at least 4 members (excludes halogenated alkanes) is 1. The normalized spacial score (nSPS) is 17.0. The number of fused-ring (bicyclic) bond motifs is 1. The number of likely N-dealkylation sites (tertiary alicyclic amines) is 1. The Morgan fingerprint density at radius 1 is 1.00 bits per heavy atom. The molecule has 1 saturated heterocycles. The van der Waals surface area contributed by atoms with Crippen molar-refractivity contribution < 1.29 is 33.3 Å². The number of nitrogens with one attached hydrogen (secondary N) is 2. The van der Waals surface area contributed by atoms with Gasteiger partial charge in [0.2, 0.25) is 11.9 Å². The Morgan fingerprint density at radius 3 is 2.45 bits per heavy atom. The Kier molecular flexibility index (Phi) is 13.3. The van der Waals surface area contributed by atoms with Gasteiger partial charge in [-0.25, -0.2) is 9.78 Å². The predicted molar refractivity (Wildman–Crippen MR) is 195 cm³/mol. The summed E-state index contributed by atoms with van der Waals surface area (Å²) in [7, 11) is 3.31. The maximum atomic E-state index is 12.9. The number of carbonyl (C=O) groups excluding carboxylic acids is 3. The van der Waals surface area contributed by atoms with Gasteiger partial charge in [-0.15, -0.1) is 0 Å². The molecular weight excluding hydrogens is 654 g/mol. The Hall–Kier alpha value is -4.17. The number of ether oxygens (including phenoxy) is 4. The van der Waals surface area contributed by atoms with Crippen molar-refractivity contribution in [3.05, 3.63) is 30.0 Å². The monoisotopic (exact) mass is 709 g/mol. The van der Waals surface area contributed by atoms with Crippen LogP contribution in [0, 0.1) is 0 Å². The van der Waals surface area contributed by atoms with E-state index in [1.807, 2.05) is 20.8 Å². The number of aromatic nitrogens is 2. The maximum Gasteiger partial charge on any atom is 0.410 e. The summed E-state index contributed by atoms with van der Waals surface area (Å²) in [4.78, 5) is 52.5. The highest BCUT2D eigenvalue weighted by Gasteiger charge is 2.34. The SMILES string of the molecule is COc1cc(C(=O)NCCCOCCCCOC2CCN(C(=O)OC(C)(C)C)CC2)ccc1Nc1ncc2c(n1)N(C1CCCC1)CC(=O)N2C. The van der Waals surface area contributed by atoms with Gasteiger partial charge < -0.3 is 44.3 Å². The summed E-state index contributed by atoms with van der Waals surface area (Å²) in [5.41, 5.74) is 1.32. The number of rotatable bonds is 15. The Labute approximate surface area is 301 Å². The third-order valence-corrected chi connectivity index (χ3v) is 9.42. The van der Waals surface area contributed by atoms with E-state index in [2.05, 4.69) is 20.5 Å². The molecule has 51 heavy (non-hydrogen) atoms. The zero-order valence-electron chi connectivity index (χ0n) is 30.9. The first kappa shape index (κ1) is 38.1. The van der Waals surface area contributed by atoms with Crippen LogP contribution >= 0.6 is 0 Å². The molecule has 3 aliphatic rings. The molecular formula is C37H55N7O7. The van der Waals surface area contributed by atoms with E-state index in [0.29, 0.717) is 87.1 Å². The molecule has 14 heteroatoms. The minimum Gasteiger partial charge on any atom is -0.495 e. The number of piperidine rings is 1. The lowest BCUT2D eigenvalue weighted by Crippen LogP contribution is -2.48. The van der Waals surface area contributed by atoms with E-state index in [0.717, 1.165) is 57.2 Å². The first-order valence-electron chi connectivity index (χ1n) is 18.3. The summed E-state index contributed by atoms with van der Waals surface area (Å²) in [6.07, 6.45) is 10.2. The zero-order chi connectivity index (χ0) is 36.4. The summed E-state index contributed by atoms with van der Waals surface area (Å²) in [5.74, 6) is 1.47. The van der Waals surface area contributed by atoms with Gasteiger partial charge in [0.15, 0.2) is 5.82 Å². The van der Waals surface area contributed by atoms with Gasteiger partial charge in [-0.2, -0.15) is 4.98 Å². The van der Waals surface area contributed by atoms with Crippen molar-refractivity contribution >= 4 is 41.0 Å². The average Bonchev–Trinajstić information content (AvgIpc) is 3.65. The van der Waals surface area contributed by atoms with Crippen LogP contribution < -0.4 is 25.2 Å². The smallest absolute Gasteiger partial charge is 0.410 e. The number of benzene rings is 1. The highest BCUT2D eigenvalue weighted by atomic mass is 16.6. The van der Waals surface area contributed by atoms with Crippen molar-refractivity contribution in [2.75, 3.05) is 75.3 Å². The van der Waals surface area contributed by atoms with E-state index in [9.17, 15) is 14.4 Å². The largest absolute Gasteiger partial charge is 0.495 e. The van der Waals surface area contributed by atoms with Gasteiger partial charge in [0.1, 0.15) is 17.0 Å². The van der Waals surface area contributed by atoms with Crippen molar-refractivity contribution in [2.45, 2.75) is 96.3 Å². The van der Waals surface area contributed by atoms with Gasteiger partial charge in [-0.05, 0) is 83.9 Å². The fourth-order valence-electron chi connectivity index (χ4n) is 6.58. The molecule has 0 atom stereocenters. The fourth-order valence-corrected chi connectivity index (χ4v) is 6.58. The number of anilines is 4. The Bertz CT molecular complexity index is 1490. The van der Waals surface area contributed by atoms with Gasteiger partial charge >= 0.3 is 6.09 Å². The van der Waals surface area contributed by atoms with E-state index in [1.165, 1.54) is 0 Å². The van der Waals surface area contributed by atoms with Gasteiger partial charge in [-0.1, -0.05) is 12.8 Å². The van der Waals surface area contributed by atoms with Crippen LogP contribution in [0.2, 0.25) is 0 Å². The fraction of sp³-hybridized carbons (Fsp3) is 0.649. The first-order chi connectivity index (χ1) is 24.5. The molecule has 14 nitrogen and oxygen atoms in total. The van der Waals surface area contributed by atoms with Crippen molar-refractivity contribution in [1.29, 1.82) is 0 Å².